The summed E-state index contributed by atoms with van der Waals surface area (Å²) in [6.07, 6.45) is 9.73. The van der Waals surface area contributed by atoms with Gasteiger partial charge in [-0.25, -0.2) is 4.98 Å². The van der Waals surface area contributed by atoms with Crippen LogP contribution in [-0.4, -0.2) is 11.0 Å². The largest absolute Gasteiger partial charge is 0.397 e. The fourth-order valence-corrected chi connectivity index (χ4v) is 2.86. The van der Waals surface area contributed by atoms with Crippen LogP contribution in [0.3, 0.4) is 0 Å². The smallest absolute Gasteiger partial charge is 0.126 e. The lowest BCUT2D eigenvalue weighted by Gasteiger charge is -2.29. The first-order valence-electron chi connectivity index (χ1n) is 7.17. The molecule has 0 unspecified atom stereocenters. The molecule has 0 aliphatic heterocycles. The normalized spacial score (nSPS) is 23.9. The highest BCUT2D eigenvalue weighted by atomic mass is 15.0. The second kappa shape index (κ2) is 6.07. The molecule has 1 aliphatic rings. The van der Waals surface area contributed by atoms with Gasteiger partial charge in [-0.2, -0.15) is 0 Å². The summed E-state index contributed by atoms with van der Waals surface area (Å²) < 4.78 is 0. The molecule has 3 nitrogen and oxygen atoms in total. The molecule has 1 saturated carbocycles. The van der Waals surface area contributed by atoms with Crippen molar-refractivity contribution in [1.82, 2.24) is 4.98 Å². The molecule has 0 saturated heterocycles. The molecule has 1 heterocycles. The molecule has 1 fully saturated rings. The third-order valence-electron chi connectivity index (χ3n) is 4.05. The van der Waals surface area contributed by atoms with Crippen LogP contribution in [0.4, 0.5) is 11.5 Å². The molecule has 0 aromatic carbocycles. The number of nitrogens with zero attached hydrogens (tertiary/aromatic N) is 1. The number of rotatable bonds is 4. The Morgan fingerprint density at radius 1 is 1.33 bits per heavy atom. The van der Waals surface area contributed by atoms with Crippen molar-refractivity contribution in [2.24, 2.45) is 5.92 Å². The Balaban J connectivity index is 1.85. The molecule has 18 heavy (non-hydrogen) atoms. The van der Waals surface area contributed by atoms with Gasteiger partial charge in [0.15, 0.2) is 0 Å². The monoisotopic (exact) mass is 247 g/mol. The Morgan fingerprint density at radius 2 is 2.06 bits per heavy atom. The topological polar surface area (TPSA) is 50.9 Å². The summed E-state index contributed by atoms with van der Waals surface area (Å²) in [6, 6.07) is 2.64. The van der Waals surface area contributed by atoms with Gasteiger partial charge in [0.2, 0.25) is 0 Å². The van der Waals surface area contributed by atoms with Gasteiger partial charge in [-0.15, -0.1) is 0 Å². The van der Waals surface area contributed by atoms with Crippen LogP contribution in [0.15, 0.2) is 12.3 Å². The minimum atomic E-state index is 0.591. The summed E-state index contributed by atoms with van der Waals surface area (Å²) in [5.74, 6) is 1.93. The van der Waals surface area contributed by atoms with Gasteiger partial charge >= 0.3 is 0 Å². The van der Waals surface area contributed by atoms with Gasteiger partial charge < -0.3 is 11.1 Å². The fourth-order valence-electron chi connectivity index (χ4n) is 2.86. The predicted molar refractivity (Wildman–Crippen MR) is 77.7 cm³/mol. The summed E-state index contributed by atoms with van der Waals surface area (Å²) >= 11 is 0. The number of nitrogens with one attached hydrogen (secondary N) is 1. The minimum Gasteiger partial charge on any atom is -0.397 e. The van der Waals surface area contributed by atoms with Crippen molar-refractivity contribution in [1.29, 1.82) is 0 Å². The summed E-state index contributed by atoms with van der Waals surface area (Å²) in [5.41, 5.74) is 7.66. The Hall–Kier alpha value is -1.25. The van der Waals surface area contributed by atoms with E-state index in [9.17, 15) is 0 Å². The molecule has 3 N–H and O–H groups in total. The van der Waals surface area contributed by atoms with Crippen molar-refractivity contribution in [3.8, 4) is 0 Å². The first kappa shape index (κ1) is 13.2. The van der Waals surface area contributed by atoms with Crippen molar-refractivity contribution in [3.63, 3.8) is 0 Å². The van der Waals surface area contributed by atoms with E-state index >= 15 is 0 Å². The Kier molecular flexibility index (Phi) is 4.45. The zero-order chi connectivity index (χ0) is 13.0. The summed E-state index contributed by atoms with van der Waals surface area (Å²) in [4.78, 5) is 4.35. The van der Waals surface area contributed by atoms with Crippen LogP contribution in [0.25, 0.3) is 0 Å². The summed E-state index contributed by atoms with van der Waals surface area (Å²) in [7, 11) is 0. The first-order valence-corrected chi connectivity index (χ1v) is 7.17. The molecule has 100 valence electrons. The quantitative estimate of drug-likeness (QED) is 0.852. The second-order valence-electron chi connectivity index (χ2n) is 5.58. The molecule has 0 radical (unpaired) electrons. The number of hydrogen-bond donors (Lipinski definition) is 2. The van der Waals surface area contributed by atoms with Crippen molar-refractivity contribution < 1.29 is 0 Å². The Labute approximate surface area is 110 Å². The van der Waals surface area contributed by atoms with E-state index in [1.54, 1.807) is 6.20 Å². The van der Waals surface area contributed by atoms with Gasteiger partial charge in [-0.05, 0) is 50.2 Å². The predicted octanol–water partition coefficient (Wildman–Crippen LogP) is 3.74. The van der Waals surface area contributed by atoms with E-state index in [0.29, 0.717) is 6.04 Å². The van der Waals surface area contributed by atoms with Crippen LogP contribution in [-0.2, 0) is 0 Å². The Morgan fingerprint density at radius 3 is 2.67 bits per heavy atom. The first-order chi connectivity index (χ1) is 8.69. The highest BCUT2D eigenvalue weighted by Gasteiger charge is 2.20. The average Bonchev–Trinajstić information content (AvgIpc) is 2.37. The highest BCUT2D eigenvalue weighted by Crippen LogP contribution is 2.29. The number of aryl methyl sites for hydroxylation is 1. The van der Waals surface area contributed by atoms with Gasteiger partial charge in [0.25, 0.3) is 0 Å². The minimum absolute atomic E-state index is 0.591. The van der Waals surface area contributed by atoms with Gasteiger partial charge in [0, 0.05) is 6.04 Å². The molecule has 0 amide bonds. The molecule has 3 heteroatoms. The van der Waals surface area contributed by atoms with E-state index < -0.39 is 0 Å². The number of hydrogen-bond acceptors (Lipinski definition) is 3. The molecule has 0 spiro atoms. The van der Waals surface area contributed by atoms with E-state index in [2.05, 4.69) is 17.2 Å². The van der Waals surface area contributed by atoms with Crippen LogP contribution in [0.2, 0.25) is 0 Å². The molecule has 2 rings (SSSR count). The zero-order valence-corrected chi connectivity index (χ0v) is 11.6. The molecule has 0 atom stereocenters. The third-order valence-corrected chi connectivity index (χ3v) is 4.05. The molecular weight excluding hydrogens is 222 g/mol. The lowest BCUT2D eigenvalue weighted by molar-refractivity contribution is 0.318. The fraction of sp³-hybridized carbons (Fsp3) is 0.667. The maximum absolute atomic E-state index is 5.78. The van der Waals surface area contributed by atoms with Gasteiger partial charge in [0.1, 0.15) is 5.82 Å². The number of nitrogens with two attached hydrogens (primary N) is 1. The number of anilines is 2. The molecule has 1 aromatic rings. The van der Waals surface area contributed by atoms with Crippen LogP contribution in [0.1, 0.15) is 51.0 Å². The van der Waals surface area contributed by atoms with Crippen LogP contribution >= 0.6 is 0 Å². The maximum atomic E-state index is 5.78. The number of pyridine rings is 1. The van der Waals surface area contributed by atoms with Crippen LogP contribution < -0.4 is 11.1 Å². The van der Waals surface area contributed by atoms with Gasteiger partial charge in [-0.1, -0.05) is 19.8 Å². The zero-order valence-electron chi connectivity index (χ0n) is 11.6. The van der Waals surface area contributed by atoms with Crippen molar-refractivity contribution in [3.05, 3.63) is 17.8 Å². The van der Waals surface area contributed by atoms with E-state index in [0.717, 1.165) is 23.0 Å². The maximum Gasteiger partial charge on any atom is 0.126 e. The SMILES string of the molecule is CCCC1CCC(Nc2cc(C)c(N)cn2)CC1. The van der Waals surface area contributed by atoms with Gasteiger partial charge in [-0.3, -0.25) is 0 Å². The average molecular weight is 247 g/mol. The van der Waals surface area contributed by atoms with E-state index in [1.165, 1.54) is 38.5 Å². The lowest BCUT2D eigenvalue weighted by Crippen LogP contribution is -2.26. The van der Waals surface area contributed by atoms with Crippen LogP contribution in [0.5, 0.6) is 0 Å². The standard InChI is InChI=1S/C15H25N3/c1-3-4-12-5-7-13(8-6-12)18-15-9-11(2)14(16)10-17-15/h9-10,12-13H,3-8,16H2,1-2H3,(H,17,18). The molecular formula is C15H25N3. The molecule has 0 bridgehead atoms. The third kappa shape index (κ3) is 3.37. The van der Waals surface area contributed by atoms with E-state index in [4.69, 9.17) is 5.73 Å². The van der Waals surface area contributed by atoms with Crippen molar-refractivity contribution in [2.45, 2.75) is 58.4 Å². The highest BCUT2D eigenvalue weighted by molar-refractivity contribution is 5.51. The van der Waals surface area contributed by atoms with E-state index in [-0.39, 0.29) is 0 Å². The second-order valence-corrected chi connectivity index (χ2v) is 5.58. The number of nitrogen functional groups attached to an aromatic ring is 1. The van der Waals surface area contributed by atoms with E-state index in [1.807, 2.05) is 13.0 Å². The summed E-state index contributed by atoms with van der Waals surface area (Å²) in [5, 5.41) is 3.54. The Bertz CT molecular complexity index is 381. The number of aromatic nitrogens is 1. The van der Waals surface area contributed by atoms with Crippen molar-refractivity contribution >= 4 is 11.5 Å². The molecule has 1 aliphatic carbocycles. The summed E-state index contributed by atoms with van der Waals surface area (Å²) in [6.45, 7) is 4.31. The molecule has 1 aromatic heterocycles. The lowest BCUT2D eigenvalue weighted by atomic mass is 9.83. The van der Waals surface area contributed by atoms with Crippen LogP contribution in [0, 0.1) is 12.8 Å². The van der Waals surface area contributed by atoms with Crippen molar-refractivity contribution in [2.75, 3.05) is 11.1 Å². The van der Waals surface area contributed by atoms with Gasteiger partial charge in [0.05, 0.1) is 11.9 Å².